The molecule has 9 nitrogen and oxygen atoms in total. The lowest BCUT2D eigenvalue weighted by molar-refractivity contribution is -0.130. The summed E-state index contributed by atoms with van der Waals surface area (Å²) in [5, 5.41) is 0. The van der Waals surface area contributed by atoms with Crippen molar-refractivity contribution in [3.8, 4) is 40.2 Å². The van der Waals surface area contributed by atoms with Crippen LogP contribution in [0.2, 0.25) is 0 Å². The van der Waals surface area contributed by atoms with Crippen molar-refractivity contribution in [1.82, 2.24) is 0 Å². The summed E-state index contributed by atoms with van der Waals surface area (Å²) in [6.45, 7) is 17.1. The Balaban J connectivity index is 2.73. The number of allylic oxidation sites excluding steroid dienone is 2. The van der Waals surface area contributed by atoms with Crippen LogP contribution >= 0.6 is 0 Å². The first kappa shape index (κ1) is 36.1. The van der Waals surface area contributed by atoms with E-state index in [4.69, 9.17) is 33.2 Å². The predicted molar refractivity (Wildman–Crippen MR) is 171 cm³/mol. The number of carbonyl (C=O) groups is 2. The van der Waals surface area contributed by atoms with Crippen molar-refractivity contribution < 1.29 is 42.7 Å². The van der Waals surface area contributed by atoms with E-state index in [1.807, 2.05) is 46.8 Å². The molecule has 1 atom stereocenters. The van der Waals surface area contributed by atoms with Gasteiger partial charge in [0.1, 0.15) is 0 Å². The van der Waals surface area contributed by atoms with Gasteiger partial charge in [-0.2, -0.15) is 0 Å². The summed E-state index contributed by atoms with van der Waals surface area (Å²) in [5.74, 6) is 1.35. The van der Waals surface area contributed by atoms with E-state index in [0.29, 0.717) is 74.0 Å². The van der Waals surface area contributed by atoms with Gasteiger partial charge in [-0.25, -0.2) is 9.59 Å². The van der Waals surface area contributed by atoms with Crippen molar-refractivity contribution >= 4 is 11.9 Å². The molecule has 0 spiro atoms. The lowest BCUT2D eigenvalue weighted by Crippen LogP contribution is -2.13. The van der Waals surface area contributed by atoms with Crippen LogP contribution in [0.4, 0.5) is 0 Å². The van der Waals surface area contributed by atoms with E-state index >= 15 is 0 Å². The molecule has 0 aromatic heterocycles. The molecule has 44 heavy (non-hydrogen) atoms. The number of ether oxygens (including phenoxy) is 7. The quantitative estimate of drug-likeness (QED) is 0.0895. The number of rotatable bonds is 19. The highest BCUT2D eigenvalue weighted by atomic mass is 16.6. The van der Waals surface area contributed by atoms with Crippen LogP contribution < -0.4 is 33.2 Å². The van der Waals surface area contributed by atoms with Gasteiger partial charge in [-0.3, -0.25) is 0 Å². The van der Waals surface area contributed by atoms with Crippen LogP contribution in [0.25, 0.3) is 0 Å². The van der Waals surface area contributed by atoms with E-state index in [9.17, 15) is 9.59 Å². The molecule has 0 amide bonds. The van der Waals surface area contributed by atoms with Gasteiger partial charge < -0.3 is 33.2 Å². The average molecular weight is 613 g/mol. The summed E-state index contributed by atoms with van der Waals surface area (Å²) < 4.78 is 41.8. The Kier molecular flexibility index (Phi) is 15.7. The highest BCUT2D eigenvalue weighted by Crippen LogP contribution is 2.51. The van der Waals surface area contributed by atoms with Crippen molar-refractivity contribution in [3.05, 3.63) is 53.6 Å². The number of benzene rings is 2. The Labute approximate surface area is 262 Å². The molecule has 0 aliphatic rings. The number of hydrogen-bond donors (Lipinski definition) is 0. The van der Waals surface area contributed by atoms with Crippen LogP contribution in [0.1, 0.15) is 85.3 Å². The molecule has 0 bridgehead atoms. The van der Waals surface area contributed by atoms with Gasteiger partial charge in [0.2, 0.25) is 17.2 Å². The van der Waals surface area contributed by atoms with Gasteiger partial charge in [0.15, 0.2) is 23.0 Å². The minimum atomic E-state index is -0.551. The molecule has 0 fully saturated rings. The van der Waals surface area contributed by atoms with Crippen LogP contribution in [0.3, 0.4) is 0 Å². The van der Waals surface area contributed by atoms with Crippen LogP contribution in [0, 0.1) is 0 Å². The van der Waals surface area contributed by atoms with E-state index in [-0.39, 0.29) is 11.7 Å². The van der Waals surface area contributed by atoms with E-state index in [0.717, 1.165) is 24.0 Å². The third-order valence-corrected chi connectivity index (χ3v) is 6.20. The third-order valence-electron chi connectivity index (χ3n) is 6.20. The minimum absolute atomic E-state index is 0.144. The van der Waals surface area contributed by atoms with Crippen molar-refractivity contribution in [2.45, 2.75) is 80.6 Å². The summed E-state index contributed by atoms with van der Waals surface area (Å²) >= 11 is 0. The van der Waals surface area contributed by atoms with Crippen molar-refractivity contribution in [1.29, 1.82) is 0 Å². The molecule has 0 radical (unpaired) electrons. The van der Waals surface area contributed by atoms with E-state index in [1.165, 1.54) is 12.2 Å². The molecule has 2 aromatic carbocycles. The monoisotopic (exact) mass is 612 g/mol. The van der Waals surface area contributed by atoms with Gasteiger partial charge in [-0.15, -0.1) is 0 Å². The molecule has 1 unspecified atom stereocenters. The maximum absolute atomic E-state index is 12.5. The highest BCUT2D eigenvalue weighted by Gasteiger charge is 2.29. The second-order valence-corrected chi connectivity index (χ2v) is 9.78. The first-order valence-corrected chi connectivity index (χ1v) is 15.5. The number of hydrogen-bond acceptors (Lipinski definition) is 9. The Morgan fingerprint density at radius 3 is 1.80 bits per heavy atom. The van der Waals surface area contributed by atoms with Gasteiger partial charge in [0, 0.05) is 17.7 Å². The summed E-state index contributed by atoms with van der Waals surface area (Å²) in [6, 6.07) is 5.46. The Bertz CT molecular complexity index is 1280. The summed E-state index contributed by atoms with van der Waals surface area (Å²) in [4.78, 5) is 24.8. The zero-order valence-corrected chi connectivity index (χ0v) is 27.4. The molecule has 0 saturated carbocycles. The lowest BCUT2D eigenvalue weighted by Gasteiger charge is -2.25. The Hall–Kier alpha value is -4.14. The molecular formula is C35H48O9. The maximum Gasteiger partial charge on any atom is 0.336 e. The van der Waals surface area contributed by atoms with Gasteiger partial charge in [0.25, 0.3) is 0 Å². The molecule has 9 heteroatoms. The first-order valence-electron chi connectivity index (χ1n) is 15.5. The van der Waals surface area contributed by atoms with Crippen LogP contribution in [0.15, 0.2) is 42.5 Å². The standard InChI is InChI=1S/C35H48O9/c1-9-16-29(36)43-27-19-18-25(31(41-20-11-3)33(27)42-21-12-4)22-24(8)26-23-28(38-13-5)34(44-30(37)17-10-2)35(40-15-7)32(26)39-14-6/h9-10,16-19,23-24H,11-15,20-22H2,1-8H3. The molecule has 0 saturated heterocycles. The van der Waals surface area contributed by atoms with Gasteiger partial charge in [-0.1, -0.05) is 39.0 Å². The predicted octanol–water partition coefficient (Wildman–Crippen LogP) is 7.77. The number of carbonyl (C=O) groups excluding carboxylic acids is 2. The molecule has 0 aliphatic carbocycles. The van der Waals surface area contributed by atoms with E-state index in [1.54, 1.807) is 32.1 Å². The second kappa shape index (κ2) is 19.2. The Morgan fingerprint density at radius 1 is 0.659 bits per heavy atom. The molecule has 2 rings (SSSR count). The second-order valence-electron chi connectivity index (χ2n) is 9.78. The van der Waals surface area contributed by atoms with Crippen molar-refractivity contribution in [3.63, 3.8) is 0 Å². The summed E-state index contributed by atoms with van der Waals surface area (Å²) in [6.07, 6.45) is 7.97. The van der Waals surface area contributed by atoms with E-state index in [2.05, 4.69) is 6.92 Å². The fraction of sp³-hybridized carbons (Fsp3) is 0.486. The van der Waals surface area contributed by atoms with Crippen LogP contribution in [-0.2, 0) is 16.0 Å². The maximum atomic E-state index is 12.5. The normalized spacial score (nSPS) is 11.8. The van der Waals surface area contributed by atoms with Crippen LogP contribution in [0.5, 0.6) is 40.2 Å². The molecular weight excluding hydrogens is 564 g/mol. The van der Waals surface area contributed by atoms with Gasteiger partial charge >= 0.3 is 11.9 Å². The smallest absolute Gasteiger partial charge is 0.336 e. The molecule has 0 aliphatic heterocycles. The molecule has 2 aromatic rings. The largest absolute Gasteiger partial charge is 0.490 e. The van der Waals surface area contributed by atoms with Crippen molar-refractivity contribution in [2.75, 3.05) is 33.0 Å². The number of esters is 2. The summed E-state index contributed by atoms with van der Waals surface area (Å²) in [7, 11) is 0. The topological polar surface area (TPSA) is 98.8 Å². The molecule has 242 valence electrons. The SMILES string of the molecule is CC=CC(=O)Oc1ccc(CC(C)c2cc(OCC)c(OC(=O)C=CC)c(OCC)c2OCC)c(OCCC)c1OCCC. The molecule has 0 N–H and O–H groups in total. The fourth-order valence-electron chi connectivity index (χ4n) is 4.43. The van der Waals surface area contributed by atoms with Crippen molar-refractivity contribution in [2.24, 2.45) is 0 Å². The molecule has 0 heterocycles. The Morgan fingerprint density at radius 2 is 1.23 bits per heavy atom. The van der Waals surface area contributed by atoms with Gasteiger partial charge in [-0.05, 0) is 77.5 Å². The van der Waals surface area contributed by atoms with Gasteiger partial charge in [0.05, 0.1) is 33.0 Å². The highest BCUT2D eigenvalue weighted by molar-refractivity contribution is 5.86. The average Bonchev–Trinajstić information content (AvgIpc) is 2.99. The van der Waals surface area contributed by atoms with E-state index < -0.39 is 11.9 Å². The van der Waals surface area contributed by atoms with Crippen LogP contribution in [-0.4, -0.2) is 45.0 Å². The zero-order chi connectivity index (χ0) is 32.5. The third kappa shape index (κ3) is 9.96. The fourth-order valence-corrected chi connectivity index (χ4v) is 4.43. The first-order chi connectivity index (χ1) is 21.3. The summed E-state index contributed by atoms with van der Waals surface area (Å²) in [5.41, 5.74) is 1.68. The lowest BCUT2D eigenvalue weighted by atomic mass is 9.91. The minimum Gasteiger partial charge on any atom is -0.490 e. The zero-order valence-electron chi connectivity index (χ0n) is 27.4.